The van der Waals surface area contributed by atoms with Crippen LogP contribution in [0.3, 0.4) is 0 Å². The number of non-ortho nitro benzene ring substituents is 1. The molecular weight excluding hydrogens is 400 g/mol. The van der Waals surface area contributed by atoms with Gasteiger partial charge in [0, 0.05) is 35.3 Å². The number of ether oxygens (including phenoxy) is 1. The van der Waals surface area contributed by atoms with Gasteiger partial charge in [-0.3, -0.25) is 14.9 Å². The molecule has 6 nitrogen and oxygen atoms in total. The zero-order valence-corrected chi connectivity index (χ0v) is 15.7. The van der Waals surface area contributed by atoms with Gasteiger partial charge >= 0.3 is 0 Å². The first kappa shape index (κ1) is 18.5. The van der Waals surface area contributed by atoms with E-state index in [4.69, 9.17) is 4.74 Å². The standard InChI is InChI=1S/C19H19BrN2O4/c20-16-7-3-14(4-8-16)13-26-18-2-1-11-21(12-18)19(23)15-5-9-17(10-6-15)22(24)25/h3-10,18H,1-2,11-13H2/t18-/m1/s1. The van der Waals surface area contributed by atoms with E-state index >= 15 is 0 Å². The van der Waals surface area contributed by atoms with Crippen LogP contribution in [0.2, 0.25) is 0 Å². The van der Waals surface area contributed by atoms with Crippen molar-refractivity contribution in [1.82, 2.24) is 4.90 Å². The van der Waals surface area contributed by atoms with Gasteiger partial charge in [0.2, 0.25) is 0 Å². The third-order valence-electron chi connectivity index (χ3n) is 4.39. The lowest BCUT2D eigenvalue weighted by molar-refractivity contribution is -0.384. The molecule has 0 saturated carbocycles. The van der Waals surface area contributed by atoms with E-state index in [1.54, 1.807) is 4.90 Å². The van der Waals surface area contributed by atoms with Crippen LogP contribution in [0.25, 0.3) is 0 Å². The fourth-order valence-corrected chi connectivity index (χ4v) is 3.23. The molecule has 1 saturated heterocycles. The molecule has 2 aromatic carbocycles. The summed E-state index contributed by atoms with van der Waals surface area (Å²) in [6, 6.07) is 13.7. The number of halogens is 1. The summed E-state index contributed by atoms with van der Waals surface area (Å²) < 4.78 is 7.00. The maximum atomic E-state index is 12.6. The lowest BCUT2D eigenvalue weighted by Crippen LogP contribution is -2.43. The summed E-state index contributed by atoms with van der Waals surface area (Å²) in [6.45, 7) is 1.72. The van der Waals surface area contributed by atoms with E-state index in [2.05, 4.69) is 15.9 Å². The normalized spacial score (nSPS) is 17.1. The zero-order valence-electron chi connectivity index (χ0n) is 14.1. The van der Waals surface area contributed by atoms with Crippen LogP contribution in [0.1, 0.15) is 28.8 Å². The van der Waals surface area contributed by atoms with Crippen LogP contribution in [-0.4, -0.2) is 34.9 Å². The van der Waals surface area contributed by atoms with Crippen LogP contribution in [0.5, 0.6) is 0 Å². The summed E-state index contributed by atoms with van der Waals surface area (Å²) in [4.78, 5) is 24.6. The van der Waals surface area contributed by atoms with Crippen LogP contribution in [0, 0.1) is 10.1 Å². The van der Waals surface area contributed by atoms with Gasteiger partial charge in [-0.05, 0) is 42.7 Å². The van der Waals surface area contributed by atoms with E-state index in [-0.39, 0.29) is 17.7 Å². The summed E-state index contributed by atoms with van der Waals surface area (Å²) in [5.41, 5.74) is 1.53. The maximum absolute atomic E-state index is 12.6. The number of piperidine rings is 1. The Morgan fingerprint density at radius 3 is 2.54 bits per heavy atom. The third kappa shape index (κ3) is 4.68. The Balaban J connectivity index is 1.57. The fourth-order valence-electron chi connectivity index (χ4n) is 2.96. The summed E-state index contributed by atoms with van der Waals surface area (Å²) in [6.07, 6.45) is 1.79. The minimum atomic E-state index is -0.471. The molecule has 7 heteroatoms. The van der Waals surface area contributed by atoms with E-state index < -0.39 is 4.92 Å². The first-order valence-corrected chi connectivity index (χ1v) is 9.22. The van der Waals surface area contributed by atoms with Crippen LogP contribution < -0.4 is 0 Å². The van der Waals surface area contributed by atoms with Crippen LogP contribution in [-0.2, 0) is 11.3 Å². The molecule has 26 heavy (non-hydrogen) atoms. The summed E-state index contributed by atoms with van der Waals surface area (Å²) >= 11 is 3.41. The Labute approximate surface area is 160 Å². The first-order valence-electron chi connectivity index (χ1n) is 8.43. The van der Waals surface area contributed by atoms with E-state index in [0.29, 0.717) is 25.3 Å². The number of amides is 1. The minimum absolute atomic E-state index is 0.00519. The number of carbonyl (C=O) groups excluding carboxylic acids is 1. The second-order valence-electron chi connectivity index (χ2n) is 6.26. The number of hydrogen-bond donors (Lipinski definition) is 0. The number of carbonyl (C=O) groups is 1. The number of nitro groups is 1. The highest BCUT2D eigenvalue weighted by atomic mass is 79.9. The SMILES string of the molecule is O=C(c1ccc([N+](=O)[O-])cc1)N1CCC[C@@H](OCc2ccc(Br)cc2)C1. The molecule has 1 aliphatic heterocycles. The topological polar surface area (TPSA) is 72.7 Å². The van der Waals surface area contributed by atoms with Crippen molar-refractivity contribution in [3.05, 3.63) is 74.2 Å². The summed E-state index contributed by atoms with van der Waals surface area (Å²) in [5, 5.41) is 10.7. The van der Waals surface area contributed by atoms with Gasteiger partial charge in [-0.1, -0.05) is 28.1 Å². The largest absolute Gasteiger partial charge is 0.372 e. The van der Waals surface area contributed by atoms with Gasteiger partial charge in [-0.25, -0.2) is 0 Å². The van der Waals surface area contributed by atoms with Gasteiger partial charge in [0.05, 0.1) is 17.6 Å². The van der Waals surface area contributed by atoms with Crippen molar-refractivity contribution in [1.29, 1.82) is 0 Å². The number of nitrogens with zero attached hydrogens (tertiary/aromatic N) is 2. The molecule has 1 fully saturated rings. The quantitative estimate of drug-likeness (QED) is 0.539. The van der Waals surface area contributed by atoms with Gasteiger partial charge in [0.15, 0.2) is 0 Å². The molecule has 0 aromatic heterocycles. The second kappa shape index (κ2) is 8.42. The molecule has 0 unspecified atom stereocenters. The van der Waals surface area contributed by atoms with E-state index in [1.165, 1.54) is 24.3 Å². The van der Waals surface area contributed by atoms with Crippen molar-refractivity contribution in [2.75, 3.05) is 13.1 Å². The summed E-state index contributed by atoms with van der Waals surface area (Å²) in [7, 11) is 0. The van der Waals surface area contributed by atoms with Gasteiger partial charge in [-0.15, -0.1) is 0 Å². The smallest absolute Gasteiger partial charge is 0.269 e. The Kier molecular flexibility index (Phi) is 6.00. The highest BCUT2D eigenvalue weighted by molar-refractivity contribution is 9.10. The van der Waals surface area contributed by atoms with Gasteiger partial charge in [-0.2, -0.15) is 0 Å². The summed E-state index contributed by atoms with van der Waals surface area (Å²) in [5.74, 6) is -0.114. The van der Waals surface area contributed by atoms with Crippen LogP contribution in [0.4, 0.5) is 5.69 Å². The van der Waals surface area contributed by atoms with E-state index in [0.717, 1.165) is 22.9 Å². The number of hydrogen-bond acceptors (Lipinski definition) is 4. The molecule has 0 bridgehead atoms. The van der Waals surface area contributed by atoms with E-state index in [1.807, 2.05) is 24.3 Å². The molecular formula is C19H19BrN2O4. The lowest BCUT2D eigenvalue weighted by Gasteiger charge is -2.32. The minimum Gasteiger partial charge on any atom is -0.372 e. The molecule has 0 aliphatic carbocycles. The maximum Gasteiger partial charge on any atom is 0.269 e. The Bertz CT molecular complexity index is 777. The average Bonchev–Trinajstić information content (AvgIpc) is 2.67. The van der Waals surface area contributed by atoms with Gasteiger partial charge < -0.3 is 9.64 Å². The first-order chi connectivity index (χ1) is 12.5. The number of nitro benzene ring substituents is 1. The van der Waals surface area contributed by atoms with Crippen LogP contribution >= 0.6 is 15.9 Å². The fraction of sp³-hybridized carbons (Fsp3) is 0.316. The van der Waals surface area contributed by atoms with Crippen molar-refractivity contribution >= 4 is 27.5 Å². The predicted molar refractivity (Wildman–Crippen MR) is 101 cm³/mol. The third-order valence-corrected chi connectivity index (χ3v) is 4.92. The second-order valence-corrected chi connectivity index (χ2v) is 7.17. The average molecular weight is 419 g/mol. The van der Waals surface area contributed by atoms with Crippen molar-refractivity contribution in [3.63, 3.8) is 0 Å². The molecule has 2 aromatic rings. The van der Waals surface area contributed by atoms with E-state index in [9.17, 15) is 14.9 Å². The number of likely N-dealkylation sites (tertiary alicyclic amines) is 1. The van der Waals surface area contributed by atoms with Gasteiger partial charge in [0.25, 0.3) is 11.6 Å². The van der Waals surface area contributed by atoms with Crippen molar-refractivity contribution in [2.24, 2.45) is 0 Å². The van der Waals surface area contributed by atoms with Crippen molar-refractivity contribution in [2.45, 2.75) is 25.6 Å². The Morgan fingerprint density at radius 1 is 1.19 bits per heavy atom. The monoisotopic (exact) mass is 418 g/mol. The molecule has 1 heterocycles. The number of benzene rings is 2. The molecule has 136 valence electrons. The molecule has 0 spiro atoms. The highest BCUT2D eigenvalue weighted by Gasteiger charge is 2.25. The van der Waals surface area contributed by atoms with Crippen LogP contribution in [0.15, 0.2) is 53.0 Å². The molecule has 1 amide bonds. The number of rotatable bonds is 5. The van der Waals surface area contributed by atoms with Crippen molar-refractivity contribution in [3.8, 4) is 0 Å². The van der Waals surface area contributed by atoms with Gasteiger partial charge in [0.1, 0.15) is 0 Å². The lowest BCUT2D eigenvalue weighted by atomic mass is 10.1. The predicted octanol–water partition coefficient (Wildman–Crippen LogP) is 4.18. The molecule has 0 radical (unpaired) electrons. The Hall–Kier alpha value is -2.25. The molecule has 1 aliphatic rings. The zero-order chi connectivity index (χ0) is 18.5. The molecule has 1 atom stereocenters. The molecule has 3 rings (SSSR count). The van der Waals surface area contributed by atoms with Crippen molar-refractivity contribution < 1.29 is 14.5 Å². The molecule has 0 N–H and O–H groups in total. The highest BCUT2D eigenvalue weighted by Crippen LogP contribution is 2.20. The Morgan fingerprint density at radius 2 is 1.88 bits per heavy atom.